The average molecular weight is 357 g/mol. The van der Waals surface area contributed by atoms with Gasteiger partial charge in [-0.1, -0.05) is 0 Å². The number of carbonyl (C=O) groups excluding carboxylic acids is 2. The van der Waals surface area contributed by atoms with Gasteiger partial charge in [0.2, 0.25) is 5.91 Å². The predicted molar refractivity (Wildman–Crippen MR) is 92.3 cm³/mol. The van der Waals surface area contributed by atoms with Crippen LogP contribution in [0.25, 0.3) is 0 Å². The summed E-state index contributed by atoms with van der Waals surface area (Å²) in [7, 11) is 0. The maximum Gasteiger partial charge on any atom is 0.274 e. The number of nitrogens with one attached hydrogen (secondary N) is 1. The number of carbonyl (C=O) groups is 2. The lowest BCUT2D eigenvalue weighted by Crippen LogP contribution is -2.41. The number of likely N-dealkylation sites (tertiary alicyclic amines) is 1. The van der Waals surface area contributed by atoms with Crippen LogP contribution in [0, 0.1) is 6.92 Å². The van der Waals surface area contributed by atoms with E-state index >= 15 is 0 Å². The SMILES string of the molecule is CC(=O)N1CCCC(c2nnc3n2CCN(C(=O)c2cc(C)[nH]n2)C3)C1. The van der Waals surface area contributed by atoms with Crippen molar-refractivity contribution in [1.82, 2.24) is 34.8 Å². The van der Waals surface area contributed by atoms with Crippen molar-refractivity contribution >= 4 is 11.8 Å². The van der Waals surface area contributed by atoms with E-state index in [0.717, 1.165) is 36.7 Å². The summed E-state index contributed by atoms with van der Waals surface area (Å²) in [5.74, 6) is 1.97. The van der Waals surface area contributed by atoms with Gasteiger partial charge < -0.3 is 14.4 Å². The van der Waals surface area contributed by atoms with Crippen molar-refractivity contribution in [1.29, 1.82) is 0 Å². The summed E-state index contributed by atoms with van der Waals surface area (Å²) in [5, 5.41) is 15.6. The smallest absolute Gasteiger partial charge is 0.274 e. The molecule has 1 saturated heterocycles. The van der Waals surface area contributed by atoms with E-state index in [2.05, 4.69) is 25.0 Å². The number of nitrogens with zero attached hydrogens (tertiary/aromatic N) is 6. The topological polar surface area (TPSA) is 100 Å². The zero-order valence-electron chi connectivity index (χ0n) is 15.1. The van der Waals surface area contributed by atoms with E-state index in [1.807, 2.05) is 11.8 Å². The number of rotatable bonds is 2. The molecule has 1 N–H and O–H groups in total. The van der Waals surface area contributed by atoms with E-state index in [1.54, 1.807) is 17.9 Å². The number of aromatic amines is 1. The summed E-state index contributed by atoms with van der Waals surface area (Å²) in [6.45, 7) is 6.70. The van der Waals surface area contributed by atoms with Crippen LogP contribution in [0.1, 0.15) is 53.5 Å². The van der Waals surface area contributed by atoms with Crippen molar-refractivity contribution in [2.24, 2.45) is 0 Å². The Morgan fingerprint density at radius 2 is 2.04 bits per heavy atom. The van der Waals surface area contributed by atoms with E-state index < -0.39 is 0 Å². The van der Waals surface area contributed by atoms with Crippen LogP contribution in [0.15, 0.2) is 6.07 Å². The molecule has 0 radical (unpaired) electrons. The number of amides is 2. The van der Waals surface area contributed by atoms with Gasteiger partial charge in [0.1, 0.15) is 11.5 Å². The maximum absolute atomic E-state index is 12.6. The van der Waals surface area contributed by atoms with Crippen LogP contribution in [0.4, 0.5) is 0 Å². The van der Waals surface area contributed by atoms with E-state index in [-0.39, 0.29) is 17.7 Å². The first kappa shape index (κ1) is 16.7. The first-order valence-electron chi connectivity index (χ1n) is 9.01. The van der Waals surface area contributed by atoms with Gasteiger partial charge in [-0.05, 0) is 25.8 Å². The quantitative estimate of drug-likeness (QED) is 0.852. The lowest BCUT2D eigenvalue weighted by molar-refractivity contribution is -0.130. The van der Waals surface area contributed by atoms with Crippen molar-refractivity contribution in [3.63, 3.8) is 0 Å². The first-order valence-corrected chi connectivity index (χ1v) is 9.01. The number of aryl methyl sites for hydroxylation is 1. The Hall–Kier alpha value is -2.71. The molecule has 0 saturated carbocycles. The number of piperidine rings is 1. The number of fused-ring (bicyclic) bond motifs is 1. The lowest BCUT2D eigenvalue weighted by Gasteiger charge is -2.33. The van der Waals surface area contributed by atoms with Crippen LogP contribution in [0.5, 0.6) is 0 Å². The number of hydrogen-bond acceptors (Lipinski definition) is 5. The van der Waals surface area contributed by atoms with Gasteiger partial charge in [-0.25, -0.2) is 0 Å². The van der Waals surface area contributed by atoms with Gasteiger partial charge in [-0.3, -0.25) is 14.7 Å². The van der Waals surface area contributed by atoms with Crippen LogP contribution < -0.4 is 0 Å². The molecule has 2 aromatic rings. The Balaban J connectivity index is 1.50. The zero-order valence-corrected chi connectivity index (χ0v) is 15.1. The van der Waals surface area contributed by atoms with Gasteiger partial charge in [0, 0.05) is 44.7 Å². The summed E-state index contributed by atoms with van der Waals surface area (Å²) in [6, 6.07) is 1.76. The summed E-state index contributed by atoms with van der Waals surface area (Å²) in [6.07, 6.45) is 1.99. The minimum Gasteiger partial charge on any atom is -0.342 e. The molecule has 9 heteroatoms. The van der Waals surface area contributed by atoms with E-state index in [0.29, 0.717) is 31.9 Å². The number of hydrogen-bond donors (Lipinski definition) is 1. The Morgan fingerprint density at radius 3 is 2.77 bits per heavy atom. The monoisotopic (exact) mass is 357 g/mol. The fourth-order valence-electron chi connectivity index (χ4n) is 3.82. The molecule has 2 aliphatic rings. The molecule has 2 aromatic heterocycles. The first-order chi connectivity index (χ1) is 12.5. The summed E-state index contributed by atoms with van der Waals surface area (Å²) >= 11 is 0. The van der Waals surface area contributed by atoms with Gasteiger partial charge in [-0.2, -0.15) is 5.10 Å². The summed E-state index contributed by atoms with van der Waals surface area (Å²) < 4.78 is 2.12. The van der Waals surface area contributed by atoms with Crippen molar-refractivity contribution in [3.05, 3.63) is 29.1 Å². The molecule has 0 bridgehead atoms. The molecule has 4 heterocycles. The van der Waals surface area contributed by atoms with Crippen molar-refractivity contribution < 1.29 is 9.59 Å². The molecule has 0 spiro atoms. The van der Waals surface area contributed by atoms with Crippen LogP contribution in [-0.2, 0) is 17.9 Å². The standard InChI is InChI=1S/C17H23N7O2/c1-11-8-14(19-18-11)17(26)23-6-7-24-15(10-23)20-21-16(24)13-4-3-5-22(9-13)12(2)25/h8,13H,3-7,9-10H2,1-2H3,(H,18,19). The van der Waals surface area contributed by atoms with Crippen molar-refractivity contribution in [2.45, 2.75) is 45.7 Å². The van der Waals surface area contributed by atoms with Gasteiger partial charge in [-0.15, -0.1) is 10.2 Å². The number of aromatic nitrogens is 5. The molecule has 1 fully saturated rings. The van der Waals surface area contributed by atoms with Crippen LogP contribution in [0.2, 0.25) is 0 Å². The maximum atomic E-state index is 12.6. The lowest BCUT2D eigenvalue weighted by atomic mass is 9.97. The molecule has 1 unspecified atom stereocenters. The largest absolute Gasteiger partial charge is 0.342 e. The average Bonchev–Trinajstić information content (AvgIpc) is 3.26. The second kappa shape index (κ2) is 6.54. The fraction of sp³-hybridized carbons (Fsp3) is 0.588. The van der Waals surface area contributed by atoms with Gasteiger partial charge in [0.15, 0.2) is 5.82 Å². The third-order valence-corrected chi connectivity index (χ3v) is 5.23. The molecule has 26 heavy (non-hydrogen) atoms. The molecule has 2 aliphatic heterocycles. The molecule has 0 aromatic carbocycles. The third kappa shape index (κ3) is 2.97. The molecular weight excluding hydrogens is 334 g/mol. The van der Waals surface area contributed by atoms with Gasteiger partial charge >= 0.3 is 0 Å². The molecule has 9 nitrogen and oxygen atoms in total. The van der Waals surface area contributed by atoms with Crippen molar-refractivity contribution in [2.75, 3.05) is 19.6 Å². The Morgan fingerprint density at radius 1 is 1.19 bits per heavy atom. The highest BCUT2D eigenvalue weighted by molar-refractivity contribution is 5.92. The van der Waals surface area contributed by atoms with Crippen LogP contribution in [-0.4, -0.2) is 66.2 Å². The highest BCUT2D eigenvalue weighted by Crippen LogP contribution is 2.27. The second-order valence-electron chi connectivity index (χ2n) is 7.09. The number of H-pyrrole nitrogens is 1. The summed E-state index contributed by atoms with van der Waals surface area (Å²) in [4.78, 5) is 27.9. The highest BCUT2D eigenvalue weighted by atomic mass is 16.2. The second-order valence-corrected chi connectivity index (χ2v) is 7.09. The van der Waals surface area contributed by atoms with E-state index in [9.17, 15) is 9.59 Å². The Labute approximate surface area is 151 Å². The van der Waals surface area contributed by atoms with Crippen molar-refractivity contribution in [3.8, 4) is 0 Å². The molecule has 2 amide bonds. The predicted octanol–water partition coefficient (Wildman–Crippen LogP) is 0.692. The Bertz CT molecular complexity index is 840. The van der Waals surface area contributed by atoms with Crippen LogP contribution >= 0.6 is 0 Å². The normalized spacial score (nSPS) is 20.2. The fourth-order valence-corrected chi connectivity index (χ4v) is 3.82. The molecule has 1 atom stereocenters. The molecular formula is C17H23N7O2. The minimum atomic E-state index is -0.0921. The van der Waals surface area contributed by atoms with E-state index in [4.69, 9.17) is 0 Å². The van der Waals surface area contributed by atoms with E-state index in [1.165, 1.54) is 0 Å². The highest BCUT2D eigenvalue weighted by Gasteiger charge is 2.31. The molecule has 0 aliphatic carbocycles. The molecule has 4 rings (SSSR count). The Kier molecular flexibility index (Phi) is 4.21. The van der Waals surface area contributed by atoms with Gasteiger partial charge in [0.25, 0.3) is 5.91 Å². The van der Waals surface area contributed by atoms with Gasteiger partial charge in [0.05, 0.1) is 6.54 Å². The molecule has 138 valence electrons. The summed E-state index contributed by atoms with van der Waals surface area (Å²) in [5.41, 5.74) is 1.29. The van der Waals surface area contributed by atoms with Crippen LogP contribution in [0.3, 0.4) is 0 Å². The minimum absolute atomic E-state index is 0.0921. The third-order valence-electron chi connectivity index (χ3n) is 5.23. The zero-order chi connectivity index (χ0) is 18.3.